The summed E-state index contributed by atoms with van der Waals surface area (Å²) in [6.45, 7) is 3.88. The van der Waals surface area contributed by atoms with E-state index in [4.69, 9.17) is 9.47 Å². The highest BCUT2D eigenvalue weighted by atomic mass is 16.5. The Labute approximate surface area is 127 Å². The summed E-state index contributed by atoms with van der Waals surface area (Å²) in [6.07, 6.45) is 4.87. The molecule has 2 rings (SSSR count). The lowest BCUT2D eigenvalue weighted by atomic mass is 10.1. The second-order valence-electron chi connectivity index (χ2n) is 5.61. The fraction of sp³-hybridized carbons (Fsp3) is 0.588. The van der Waals surface area contributed by atoms with Crippen LogP contribution in [0, 0.1) is 0 Å². The first-order valence-electron chi connectivity index (χ1n) is 7.83. The number of benzene rings is 1. The molecule has 0 radical (unpaired) electrons. The molecule has 4 nitrogen and oxygen atoms in total. The Morgan fingerprint density at radius 2 is 2.00 bits per heavy atom. The molecule has 1 aliphatic heterocycles. The van der Waals surface area contributed by atoms with Crippen LogP contribution in [-0.2, 0) is 4.79 Å². The molecule has 0 bridgehead atoms. The van der Waals surface area contributed by atoms with Gasteiger partial charge < -0.3 is 14.4 Å². The summed E-state index contributed by atoms with van der Waals surface area (Å²) < 4.78 is 11.0. The van der Waals surface area contributed by atoms with E-state index in [1.807, 2.05) is 19.1 Å². The molecule has 0 aliphatic carbocycles. The lowest BCUT2D eigenvalue weighted by Gasteiger charge is -2.19. The van der Waals surface area contributed by atoms with Crippen LogP contribution in [0.2, 0.25) is 0 Å². The van der Waals surface area contributed by atoms with Gasteiger partial charge in [-0.25, -0.2) is 0 Å². The fourth-order valence-electron chi connectivity index (χ4n) is 2.65. The minimum Gasteiger partial charge on any atom is -0.494 e. The summed E-state index contributed by atoms with van der Waals surface area (Å²) in [5.41, 5.74) is 0. The van der Waals surface area contributed by atoms with E-state index in [1.165, 1.54) is 19.4 Å². The van der Waals surface area contributed by atoms with Crippen LogP contribution in [0.1, 0.15) is 39.0 Å². The largest absolute Gasteiger partial charge is 0.494 e. The first-order chi connectivity index (χ1) is 10.2. The third-order valence-corrected chi connectivity index (χ3v) is 3.90. The van der Waals surface area contributed by atoms with Crippen molar-refractivity contribution >= 4 is 5.97 Å². The van der Waals surface area contributed by atoms with Gasteiger partial charge in [-0.05, 0) is 63.5 Å². The van der Waals surface area contributed by atoms with Crippen LogP contribution in [0.15, 0.2) is 24.3 Å². The van der Waals surface area contributed by atoms with E-state index in [9.17, 15) is 4.79 Å². The quantitative estimate of drug-likeness (QED) is 0.571. The van der Waals surface area contributed by atoms with Crippen LogP contribution in [-0.4, -0.2) is 37.1 Å². The number of likely N-dealkylation sites (tertiary alicyclic amines) is 1. The molecule has 1 fully saturated rings. The number of carbonyl (C=O) groups excluding carboxylic acids is 1. The Balaban J connectivity index is 1.73. The van der Waals surface area contributed by atoms with Crippen molar-refractivity contribution in [2.45, 2.75) is 45.1 Å². The van der Waals surface area contributed by atoms with Gasteiger partial charge in [0.15, 0.2) is 0 Å². The van der Waals surface area contributed by atoms with Gasteiger partial charge in [-0.2, -0.15) is 0 Å². The monoisotopic (exact) mass is 291 g/mol. The summed E-state index contributed by atoms with van der Waals surface area (Å²) >= 11 is 0. The molecule has 1 unspecified atom stereocenters. The van der Waals surface area contributed by atoms with Gasteiger partial charge in [-0.1, -0.05) is 6.92 Å². The maximum Gasteiger partial charge on any atom is 0.311 e. The number of hydrogen-bond donors (Lipinski definition) is 0. The van der Waals surface area contributed by atoms with Gasteiger partial charge in [0.2, 0.25) is 0 Å². The SMILES string of the molecule is CCCC(=O)Oc1ccc(OCCC2CCCN2C)cc1. The molecule has 1 aromatic carbocycles. The van der Waals surface area contributed by atoms with Gasteiger partial charge in [0, 0.05) is 12.5 Å². The number of nitrogens with zero attached hydrogens (tertiary/aromatic N) is 1. The lowest BCUT2D eigenvalue weighted by molar-refractivity contribution is -0.134. The zero-order valence-electron chi connectivity index (χ0n) is 13.0. The van der Waals surface area contributed by atoms with Gasteiger partial charge in [0.25, 0.3) is 0 Å². The second kappa shape index (κ2) is 8.03. The second-order valence-corrected chi connectivity index (χ2v) is 5.61. The zero-order valence-corrected chi connectivity index (χ0v) is 13.0. The normalized spacial score (nSPS) is 18.7. The van der Waals surface area contributed by atoms with E-state index in [2.05, 4.69) is 11.9 Å². The summed E-state index contributed by atoms with van der Waals surface area (Å²) in [5, 5.41) is 0. The fourth-order valence-corrected chi connectivity index (χ4v) is 2.65. The standard InChI is InChI=1S/C17H25NO3/c1-3-5-17(19)21-16-9-7-15(8-10-16)20-13-11-14-6-4-12-18(14)2/h7-10,14H,3-6,11-13H2,1-2H3. The van der Waals surface area contributed by atoms with Crippen molar-refractivity contribution in [1.29, 1.82) is 0 Å². The molecular weight excluding hydrogens is 266 g/mol. The van der Waals surface area contributed by atoms with Gasteiger partial charge in [-0.15, -0.1) is 0 Å². The molecule has 116 valence electrons. The minimum atomic E-state index is -0.185. The van der Waals surface area contributed by atoms with Crippen molar-refractivity contribution in [1.82, 2.24) is 4.90 Å². The minimum absolute atomic E-state index is 0.185. The Kier molecular flexibility index (Phi) is 6.05. The molecule has 1 heterocycles. The van der Waals surface area contributed by atoms with Crippen LogP contribution < -0.4 is 9.47 Å². The number of rotatable bonds is 7. The Bertz CT molecular complexity index is 444. The predicted molar refractivity (Wildman–Crippen MR) is 82.7 cm³/mol. The smallest absolute Gasteiger partial charge is 0.311 e. The molecule has 1 aromatic rings. The van der Waals surface area contributed by atoms with Crippen LogP contribution in [0.4, 0.5) is 0 Å². The van der Waals surface area contributed by atoms with E-state index >= 15 is 0 Å². The van der Waals surface area contributed by atoms with Crippen LogP contribution in [0.25, 0.3) is 0 Å². The van der Waals surface area contributed by atoms with Crippen LogP contribution >= 0.6 is 0 Å². The third-order valence-electron chi connectivity index (χ3n) is 3.90. The highest BCUT2D eigenvalue weighted by molar-refractivity contribution is 5.72. The summed E-state index contributed by atoms with van der Waals surface area (Å²) in [4.78, 5) is 13.8. The molecule has 0 N–H and O–H groups in total. The maximum atomic E-state index is 11.4. The number of ether oxygens (including phenoxy) is 2. The molecular formula is C17H25NO3. The molecule has 0 aromatic heterocycles. The molecule has 1 saturated heterocycles. The average Bonchev–Trinajstić information content (AvgIpc) is 2.87. The number of carbonyl (C=O) groups is 1. The molecule has 1 atom stereocenters. The molecule has 0 saturated carbocycles. The van der Waals surface area contributed by atoms with E-state index in [0.717, 1.165) is 25.2 Å². The van der Waals surface area contributed by atoms with E-state index in [1.54, 1.807) is 12.1 Å². The van der Waals surface area contributed by atoms with Crippen molar-refractivity contribution in [3.63, 3.8) is 0 Å². The number of esters is 1. The Hall–Kier alpha value is -1.55. The van der Waals surface area contributed by atoms with E-state index in [0.29, 0.717) is 18.2 Å². The predicted octanol–water partition coefficient (Wildman–Crippen LogP) is 3.26. The molecule has 0 amide bonds. The highest BCUT2D eigenvalue weighted by Crippen LogP contribution is 2.20. The molecule has 4 heteroatoms. The molecule has 1 aliphatic rings. The molecule has 0 spiro atoms. The summed E-state index contributed by atoms with van der Waals surface area (Å²) in [6, 6.07) is 7.92. The number of hydrogen-bond acceptors (Lipinski definition) is 4. The Morgan fingerprint density at radius 3 is 2.62 bits per heavy atom. The first-order valence-corrected chi connectivity index (χ1v) is 7.83. The van der Waals surface area contributed by atoms with Gasteiger partial charge >= 0.3 is 5.97 Å². The van der Waals surface area contributed by atoms with Crippen LogP contribution in [0.5, 0.6) is 11.5 Å². The zero-order chi connectivity index (χ0) is 15.1. The highest BCUT2D eigenvalue weighted by Gasteiger charge is 2.20. The van der Waals surface area contributed by atoms with Gasteiger partial charge in [0.05, 0.1) is 6.61 Å². The average molecular weight is 291 g/mol. The van der Waals surface area contributed by atoms with E-state index < -0.39 is 0 Å². The summed E-state index contributed by atoms with van der Waals surface area (Å²) in [7, 11) is 2.18. The van der Waals surface area contributed by atoms with Crippen LogP contribution in [0.3, 0.4) is 0 Å². The Morgan fingerprint density at radius 1 is 1.29 bits per heavy atom. The molecule has 21 heavy (non-hydrogen) atoms. The summed E-state index contributed by atoms with van der Waals surface area (Å²) in [5.74, 6) is 1.22. The maximum absolute atomic E-state index is 11.4. The van der Waals surface area contributed by atoms with Crippen molar-refractivity contribution < 1.29 is 14.3 Å². The lowest BCUT2D eigenvalue weighted by Crippen LogP contribution is -2.26. The van der Waals surface area contributed by atoms with Crippen molar-refractivity contribution in [3.05, 3.63) is 24.3 Å². The topological polar surface area (TPSA) is 38.8 Å². The van der Waals surface area contributed by atoms with Crippen molar-refractivity contribution in [2.24, 2.45) is 0 Å². The van der Waals surface area contributed by atoms with Gasteiger partial charge in [0.1, 0.15) is 11.5 Å². The van der Waals surface area contributed by atoms with Gasteiger partial charge in [-0.3, -0.25) is 4.79 Å². The first kappa shape index (κ1) is 15.8. The van der Waals surface area contributed by atoms with E-state index in [-0.39, 0.29) is 5.97 Å². The van der Waals surface area contributed by atoms with Crippen molar-refractivity contribution in [2.75, 3.05) is 20.2 Å². The van der Waals surface area contributed by atoms with Crippen molar-refractivity contribution in [3.8, 4) is 11.5 Å². The third kappa shape index (κ3) is 5.05.